The molecule has 1 aromatic heterocycles. The highest BCUT2D eigenvalue weighted by Gasteiger charge is 2.29. The number of nitrogens with one attached hydrogen (secondary N) is 1. The largest absolute Gasteiger partial charge is 0.388 e. The second-order valence-electron chi connectivity index (χ2n) is 5.04. The second kappa shape index (κ2) is 5.72. The Bertz CT molecular complexity index is 419. The standard InChI is InChI=1S/C13H18BrNO2S/c1-9-7-10(18-11(9)14)12(16)15-8-13(17)5-3-2-4-6-13/h7,17H,2-6,8H2,1H3,(H,15,16). The highest BCUT2D eigenvalue weighted by Crippen LogP contribution is 2.29. The Hall–Kier alpha value is -0.390. The molecular weight excluding hydrogens is 314 g/mol. The molecule has 2 rings (SSSR count). The fourth-order valence-corrected chi connectivity index (χ4v) is 3.74. The van der Waals surface area contributed by atoms with E-state index in [4.69, 9.17) is 0 Å². The van der Waals surface area contributed by atoms with Crippen molar-refractivity contribution in [3.8, 4) is 0 Å². The average Bonchev–Trinajstić information content (AvgIpc) is 2.68. The predicted octanol–water partition coefficient (Wildman–Crippen LogP) is 3.24. The van der Waals surface area contributed by atoms with Crippen molar-refractivity contribution in [1.29, 1.82) is 0 Å². The van der Waals surface area contributed by atoms with Crippen molar-refractivity contribution in [1.82, 2.24) is 5.32 Å². The van der Waals surface area contributed by atoms with Crippen LogP contribution in [0.3, 0.4) is 0 Å². The van der Waals surface area contributed by atoms with Crippen molar-refractivity contribution in [2.75, 3.05) is 6.54 Å². The maximum Gasteiger partial charge on any atom is 0.261 e. The summed E-state index contributed by atoms with van der Waals surface area (Å²) in [5, 5.41) is 13.2. The third kappa shape index (κ3) is 3.33. The molecule has 1 heterocycles. The van der Waals surface area contributed by atoms with Gasteiger partial charge in [-0.2, -0.15) is 0 Å². The Labute approximate surface area is 120 Å². The molecule has 2 N–H and O–H groups in total. The number of carbonyl (C=O) groups is 1. The van der Waals surface area contributed by atoms with Crippen molar-refractivity contribution in [2.45, 2.75) is 44.6 Å². The van der Waals surface area contributed by atoms with Crippen LogP contribution in [0.2, 0.25) is 0 Å². The molecule has 1 aliphatic carbocycles. The summed E-state index contributed by atoms with van der Waals surface area (Å²) in [5.41, 5.74) is 0.374. The topological polar surface area (TPSA) is 49.3 Å². The summed E-state index contributed by atoms with van der Waals surface area (Å²) in [7, 11) is 0. The van der Waals surface area contributed by atoms with Crippen LogP contribution in [-0.2, 0) is 0 Å². The number of carbonyl (C=O) groups excluding carboxylic acids is 1. The first kappa shape index (κ1) is 14.0. The minimum Gasteiger partial charge on any atom is -0.388 e. The van der Waals surface area contributed by atoms with Crippen molar-refractivity contribution >= 4 is 33.2 Å². The summed E-state index contributed by atoms with van der Waals surface area (Å²) in [6, 6.07) is 1.87. The molecule has 1 aliphatic rings. The molecule has 5 heteroatoms. The quantitative estimate of drug-likeness (QED) is 0.893. The first-order chi connectivity index (χ1) is 8.50. The SMILES string of the molecule is Cc1cc(C(=O)NCC2(O)CCCCC2)sc1Br. The van der Waals surface area contributed by atoms with Gasteiger partial charge in [0, 0.05) is 6.54 Å². The predicted molar refractivity (Wildman–Crippen MR) is 77.1 cm³/mol. The van der Waals surface area contributed by atoms with E-state index in [-0.39, 0.29) is 5.91 Å². The average molecular weight is 332 g/mol. The van der Waals surface area contributed by atoms with Gasteiger partial charge >= 0.3 is 0 Å². The van der Waals surface area contributed by atoms with Crippen LogP contribution in [0.5, 0.6) is 0 Å². The number of hydrogen-bond donors (Lipinski definition) is 2. The molecule has 0 aliphatic heterocycles. The number of rotatable bonds is 3. The molecule has 0 aromatic carbocycles. The summed E-state index contributed by atoms with van der Waals surface area (Å²) in [6.45, 7) is 2.33. The molecule has 0 radical (unpaired) electrons. The van der Waals surface area contributed by atoms with Crippen LogP contribution in [0.15, 0.2) is 9.85 Å². The van der Waals surface area contributed by atoms with E-state index < -0.39 is 5.60 Å². The number of aryl methyl sites for hydroxylation is 1. The second-order valence-corrected chi connectivity index (χ2v) is 7.41. The van der Waals surface area contributed by atoms with Crippen molar-refractivity contribution in [3.63, 3.8) is 0 Å². The summed E-state index contributed by atoms with van der Waals surface area (Å²) >= 11 is 4.84. The highest BCUT2D eigenvalue weighted by molar-refractivity contribution is 9.11. The zero-order valence-electron chi connectivity index (χ0n) is 10.5. The lowest BCUT2D eigenvalue weighted by Crippen LogP contribution is -2.44. The summed E-state index contributed by atoms with van der Waals surface area (Å²) in [6.07, 6.45) is 4.88. The number of hydrogen-bond acceptors (Lipinski definition) is 3. The van der Waals surface area contributed by atoms with Crippen LogP contribution in [-0.4, -0.2) is 23.2 Å². The molecule has 0 unspecified atom stereocenters. The molecule has 1 saturated carbocycles. The van der Waals surface area contributed by atoms with Crippen LogP contribution in [0.25, 0.3) is 0 Å². The molecule has 1 amide bonds. The minimum atomic E-state index is -0.697. The molecule has 100 valence electrons. The molecule has 0 bridgehead atoms. The minimum absolute atomic E-state index is 0.0900. The van der Waals surface area contributed by atoms with Gasteiger partial charge in [-0.1, -0.05) is 19.3 Å². The van der Waals surface area contributed by atoms with E-state index in [0.29, 0.717) is 11.4 Å². The van der Waals surface area contributed by atoms with Crippen molar-refractivity contribution in [3.05, 3.63) is 20.3 Å². The number of aliphatic hydroxyl groups is 1. The van der Waals surface area contributed by atoms with E-state index in [2.05, 4.69) is 21.2 Å². The van der Waals surface area contributed by atoms with Crippen molar-refractivity contribution in [2.24, 2.45) is 0 Å². The zero-order valence-corrected chi connectivity index (χ0v) is 12.9. The van der Waals surface area contributed by atoms with Crippen LogP contribution < -0.4 is 5.32 Å². The van der Waals surface area contributed by atoms with Crippen molar-refractivity contribution < 1.29 is 9.90 Å². The molecule has 1 aromatic rings. The van der Waals surface area contributed by atoms with Gasteiger partial charge in [-0.05, 0) is 47.3 Å². The monoisotopic (exact) mass is 331 g/mol. The smallest absolute Gasteiger partial charge is 0.261 e. The summed E-state index contributed by atoms with van der Waals surface area (Å²) in [4.78, 5) is 12.7. The van der Waals surface area contributed by atoms with Gasteiger partial charge in [-0.3, -0.25) is 4.79 Å². The Kier molecular flexibility index (Phi) is 4.45. The number of amides is 1. The van der Waals surface area contributed by atoms with E-state index in [1.54, 1.807) is 0 Å². The summed E-state index contributed by atoms with van der Waals surface area (Å²) in [5.74, 6) is -0.0900. The Morgan fingerprint density at radius 1 is 1.50 bits per heavy atom. The number of halogens is 1. The lowest BCUT2D eigenvalue weighted by Gasteiger charge is -2.32. The Morgan fingerprint density at radius 2 is 2.17 bits per heavy atom. The van der Waals surface area contributed by atoms with Gasteiger partial charge in [-0.25, -0.2) is 0 Å². The van der Waals surface area contributed by atoms with E-state index in [0.717, 1.165) is 35.0 Å². The third-order valence-electron chi connectivity index (χ3n) is 3.44. The van der Waals surface area contributed by atoms with E-state index in [1.807, 2.05) is 13.0 Å². The van der Waals surface area contributed by atoms with Gasteiger partial charge in [0.2, 0.25) is 0 Å². The molecule has 1 fully saturated rings. The molecular formula is C13H18BrNO2S. The lowest BCUT2D eigenvalue weighted by molar-refractivity contribution is 0.00529. The third-order valence-corrected chi connectivity index (χ3v) is 5.58. The molecule has 18 heavy (non-hydrogen) atoms. The molecule has 0 atom stereocenters. The van der Waals surface area contributed by atoms with Crippen LogP contribution in [0, 0.1) is 6.92 Å². The van der Waals surface area contributed by atoms with Crippen LogP contribution >= 0.6 is 27.3 Å². The van der Waals surface area contributed by atoms with Gasteiger partial charge in [-0.15, -0.1) is 11.3 Å². The van der Waals surface area contributed by atoms with Gasteiger partial charge in [0.15, 0.2) is 0 Å². The van der Waals surface area contributed by atoms with Crippen LogP contribution in [0.1, 0.15) is 47.3 Å². The fraction of sp³-hybridized carbons (Fsp3) is 0.615. The Balaban J connectivity index is 1.91. The fourth-order valence-electron chi connectivity index (χ4n) is 2.29. The van der Waals surface area contributed by atoms with E-state index in [9.17, 15) is 9.90 Å². The molecule has 0 saturated heterocycles. The van der Waals surface area contributed by atoms with Gasteiger partial charge < -0.3 is 10.4 Å². The molecule has 0 spiro atoms. The first-order valence-corrected chi connectivity index (χ1v) is 7.88. The highest BCUT2D eigenvalue weighted by atomic mass is 79.9. The maximum atomic E-state index is 12.0. The maximum absolute atomic E-state index is 12.0. The normalized spacial score (nSPS) is 18.6. The Morgan fingerprint density at radius 3 is 2.72 bits per heavy atom. The van der Waals surface area contributed by atoms with Gasteiger partial charge in [0.25, 0.3) is 5.91 Å². The first-order valence-electron chi connectivity index (χ1n) is 6.27. The lowest BCUT2D eigenvalue weighted by atomic mass is 9.85. The van der Waals surface area contributed by atoms with E-state index >= 15 is 0 Å². The number of thiophene rings is 1. The summed E-state index contributed by atoms with van der Waals surface area (Å²) < 4.78 is 0.990. The van der Waals surface area contributed by atoms with Crippen LogP contribution in [0.4, 0.5) is 0 Å². The molecule has 3 nitrogen and oxygen atoms in total. The zero-order chi connectivity index (χ0) is 13.2. The van der Waals surface area contributed by atoms with Gasteiger partial charge in [0.05, 0.1) is 14.3 Å². The van der Waals surface area contributed by atoms with Gasteiger partial charge in [0.1, 0.15) is 0 Å². The van der Waals surface area contributed by atoms with E-state index in [1.165, 1.54) is 17.8 Å².